The number of carbonyl (C=O) groups excluding carboxylic acids is 1. The lowest BCUT2D eigenvalue weighted by molar-refractivity contribution is 0.0524. The SMILES string of the molecule is COc1cc(CC(N)CNC(=O)OC(C)(C)C)on1. The van der Waals surface area contributed by atoms with Gasteiger partial charge in [-0.05, 0) is 25.9 Å². The Balaban J connectivity index is 2.31. The summed E-state index contributed by atoms with van der Waals surface area (Å²) in [5, 5.41) is 6.27. The number of nitrogens with two attached hydrogens (primary N) is 1. The second kappa shape index (κ2) is 6.42. The number of carbonyl (C=O) groups is 1. The number of aromatic nitrogens is 1. The van der Waals surface area contributed by atoms with Gasteiger partial charge in [0.15, 0.2) is 0 Å². The predicted octanol–water partition coefficient (Wildman–Crippen LogP) is 1.08. The normalized spacial score (nSPS) is 12.9. The fraction of sp³-hybridized carbons (Fsp3) is 0.667. The van der Waals surface area contributed by atoms with Gasteiger partial charge in [0.1, 0.15) is 11.4 Å². The maximum absolute atomic E-state index is 11.4. The summed E-state index contributed by atoms with van der Waals surface area (Å²) in [4.78, 5) is 11.4. The lowest BCUT2D eigenvalue weighted by atomic mass is 10.2. The minimum absolute atomic E-state index is 0.287. The van der Waals surface area contributed by atoms with Gasteiger partial charge in [-0.25, -0.2) is 4.79 Å². The molecule has 3 N–H and O–H groups in total. The molecule has 0 bridgehead atoms. The van der Waals surface area contributed by atoms with Gasteiger partial charge in [0.05, 0.1) is 7.11 Å². The van der Waals surface area contributed by atoms with Crippen molar-refractivity contribution in [3.63, 3.8) is 0 Å². The molecule has 0 saturated carbocycles. The first kappa shape index (κ1) is 15.3. The first-order valence-electron chi connectivity index (χ1n) is 6.02. The van der Waals surface area contributed by atoms with E-state index in [2.05, 4.69) is 10.5 Å². The highest BCUT2D eigenvalue weighted by Crippen LogP contribution is 2.11. The number of methoxy groups -OCH3 is 1. The Bertz CT molecular complexity index is 411. The summed E-state index contributed by atoms with van der Waals surface area (Å²) >= 11 is 0. The molecule has 0 saturated heterocycles. The average molecular weight is 271 g/mol. The van der Waals surface area contributed by atoms with Gasteiger partial charge in [0.2, 0.25) is 0 Å². The van der Waals surface area contributed by atoms with Crippen LogP contribution in [-0.2, 0) is 11.2 Å². The van der Waals surface area contributed by atoms with Gasteiger partial charge in [-0.2, -0.15) is 0 Å². The molecule has 7 nitrogen and oxygen atoms in total. The van der Waals surface area contributed by atoms with E-state index in [-0.39, 0.29) is 12.6 Å². The van der Waals surface area contributed by atoms with E-state index in [4.69, 9.17) is 19.7 Å². The van der Waals surface area contributed by atoms with E-state index in [1.54, 1.807) is 26.8 Å². The summed E-state index contributed by atoms with van der Waals surface area (Å²) in [5.74, 6) is 1.01. The highest BCUT2D eigenvalue weighted by atomic mass is 16.6. The summed E-state index contributed by atoms with van der Waals surface area (Å²) in [7, 11) is 1.51. The Morgan fingerprint density at radius 2 is 2.26 bits per heavy atom. The monoisotopic (exact) mass is 271 g/mol. The molecule has 19 heavy (non-hydrogen) atoms. The number of nitrogens with one attached hydrogen (secondary N) is 1. The number of rotatable bonds is 5. The lowest BCUT2D eigenvalue weighted by Crippen LogP contribution is -2.41. The summed E-state index contributed by atoms with van der Waals surface area (Å²) in [6.07, 6.45) is -0.0373. The number of alkyl carbamates (subject to hydrolysis) is 1. The highest BCUT2D eigenvalue weighted by Gasteiger charge is 2.17. The maximum atomic E-state index is 11.4. The third-order valence-corrected chi connectivity index (χ3v) is 2.12. The zero-order chi connectivity index (χ0) is 14.5. The quantitative estimate of drug-likeness (QED) is 0.831. The Morgan fingerprint density at radius 1 is 1.58 bits per heavy atom. The molecule has 0 fully saturated rings. The van der Waals surface area contributed by atoms with Crippen molar-refractivity contribution in [2.45, 2.75) is 38.8 Å². The standard InChI is InChI=1S/C12H21N3O4/c1-12(2,3)18-11(16)14-7-8(13)5-9-6-10(17-4)15-19-9/h6,8H,5,7,13H2,1-4H3,(H,14,16). The molecule has 0 aromatic carbocycles. The van der Waals surface area contributed by atoms with Crippen molar-refractivity contribution in [3.8, 4) is 5.88 Å². The van der Waals surface area contributed by atoms with Crippen molar-refractivity contribution < 1.29 is 18.8 Å². The van der Waals surface area contributed by atoms with Gasteiger partial charge in [-0.15, -0.1) is 0 Å². The molecule has 0 aliphatic heterocycles. The minimum Gasteiger partial charge on any atom is -0.479 e. The molecular formula is C12H21N3O4. The van der Waals surface area contributed by atoms with Gasteiger partial charge < -0.3 is 25.0 Å². The molecule has 0 spiro atoms. The lowest BCUT2D eigenvalue weighted by Gasteiger charge is -2.20. The molecule has 0 aliphatic carbocycles. The Morgan fingerprint density at radius 3 is 2.79 bits per heavy atom. The fourth-order valence-electron chi connectivity index (χ4n) is 1.35. The second-order valence-corrected chi connectivity index (χ2v) is 5.18. The Hall–Kier alpha value is -1.76. The van der Waals surface area contributed by atoms with Gasteiger partial charge in [0, 0.05) is 25.1 Å². The topological polar surface area (TPSA) is 99.6 Å². The highest BCUT2D eigenvalue weighted by molar-refractivity contribution is 5.67. The molecule has 1 unspecified atom stereocenters. The van der Waals surface area contributed by atoms with E-state index in [1.165, 1.54) is 7.11 Å². The van der Waals surface area contributed by atoms with E-state index in [0.717, 1.165) is 0 Å². The smallest absolute Gasteiger partial charge is 0.407 e. The summed E-state index contributed by atoms with van der Waals surface area (Å²) in [6.45, 7) is 5.69. The maximum Gasteiger partial charge on any atom is 0.407 e. The van der Waals surface area contributed by atoms with Crippen LogP contribution in [0.4, 0.5) is 4.79 Å². The molecule has 1 aromatic rings. The van der Waals surface area contributed by atoms with Crippen LogP contribution in [0.2, 0.25) is 0 Å². The first-order valence-corrected chi connectivity index (χ1v) is 6.02. The molecule has 7 heteroatoms. The summed E-state index contributed by atoms with van der Waals surface area (Å²) in [5.41, 5.74) is 5.35. The molecule has 0 radical (unpaired) electrons. The van der Waals surface area contributed by atoms with Crippen LogP contribution in [-0.4, -0.2) is 36.5 Å². The van der Waals surface area contributed by atoms with Gasteiger partial charge in [0.25, 0.3) is 5.88 Å². The molecule has 1 atom stereocenters. The van der Waals surface area contributed by atoms with Crippen LogP contribution < -0.4 is 15.8 Å². The zero-order valence-electron chi connectivity index (χ0n) is 11.7. The van der Waals surface area contributed by atoms with E-state index < -0.39 is 11.7 Å². The Kier molecular flexibility index (Phi) is 5.17. The van der Waals surface area contributed by atoms with Crippen LogP contribution in [0.25, 0.3) is 0 Å². The third-order valence-electron chi connectivity index (χ3n) is 2.12. The molecule has 0 aliphatic rings. The Labute approximate surface area is 112 Å². The van der Waals surface area contributed by atoms with Crippen molar-refractivity contribution in [3.05, 3.63) is 11.8 Å². The number of hydrogen-bond donors (Lipinski definition) is 2. The molecule has 1 aromatic heterocycles. The van der Waals surface area contributed by atoms with Crippen LogP contribution in [0.1, 0.15) is 26.5 Å². The van der Waals surface area contributed by atoms with Crippen molar-refractivity contribution in [1.29, 1.82) is 0 Å². The molecule has 1 heterocycles. The predicted molar refractivity (Wildman–Crippen MR) is 69.0 cm³/mol. The second-order valence-electron chi connectivity index (χ2n) is 5.18. The number of amides is 1. The first-order chi connectivity index (χ1) is 8.80. The van der Waals surface area contributed by atoms with Crippen molar-refractivity contribution in [1.82, 2.24) is 10.5 Å². The largest absolute Gasteiger partial charge is 0.479 e. The molecule has 108 valence electrons. The van der Waals surface area contributed by atoms with E-state index >= 15 is 0 Å². The van der Waals surface area contributed by atoms with Gasteiger partial charge >= 0.3 is 6.09 Å². The van der Waals surface area contributed by atoms with Crippen LogP contribution >= 0.6 is 0 Å². The molecule has 1 amide bonds. The summed E-state index contributed by atoms with van der Waals surface area (Å²) in [6, 6.07) is 1.37. The van der Waals surface area contributed by atoms with E-state index in [1.807, 2.05) is 0 Å². The van der Waals surface area contributed by atoms with E-state index in [0.29, 0.717) is 18.1 Å². The van der Waals surface area contributed by atoms with Gasteiger partial charge in [-0.1, -0.05) is 0 Å². The van der Waals surface area contributed by atoms with Crippen LogP contribution in [0.3, 0.4) is 0 Å². The van der Waals surface area contributed by atoms with Crippen molar-refractivity contribution in [2.75, 3.05) is 13.7 Å². The number of ether oxygens (including phenoxy) is 2. The van der Waals surface area contributed by atoms with Crippen LogP contribution in [0, 0.1) is 0 Å². The fourth-order valence-corrected chi connectivity index (χ4v) is 1.35. The third kappa shape index (κ3) is 6.10. The molecule has 1 rings (SSSR count). The van der Waals surface area contributed by atoms with Crippen molar-refractivity contribution in [2.24, 2.45) is 5.73 Å². The van der Waals surface area contributed by atoms with Crippen molar-refractivity contribution >= 4 is 6.09 Å². The van der Waals surface area contributed by atoms with Crippen LogP contribution in [0.15, 0.2) is 10.6 Å². The summed E-state index contributed by atoms with van der Waals surface area (Å²) < 4.78 is 15.0. The average Bonchev–Trinajstić information content (AvgIpc) is 2.72. The number of nitrogens with zero attached hydrogens (tertiary/aromatic N) is 1. The van der Waals surface area contributed by atoms with Gasteiger partial charge in [-0.3, -0.25) is 0 Å². The minimum atomic E-state index is -0.521. The molecular weight excluding hydrogens is 250 g/mol. The number of hydrogen-bond acceptors (Lipinski definition) is 6. The van der Waals surface area contributed by atoms with Crippen LogP contribution in [0.5, 0.6) is 5.88 Å². The van der Waals surface area contributed by atoms with E-state index in [9.17, 15) is 4.79 Å². The zero-order valence-corrected chi connectivity index (χ0v) is 11.7.